The fraction of sp³-hybridized carbons (Fsp3) is 0.273. The molecule has 0 spiro atoms. The van der Waals surface area contributed by atoms with Crippen LogP contribution in [0.15, 0.2) is 53.6 Å². The largest absolute Gasteiger partial charge is 0.482 e. The second kappa shape index (κ2) is 11.7. The number of amides is 2. The Morgan fingerprint density at radius 1 is 1.13 bits per heavy atom. The number of carbonyl (C=O) groups excluding carboxylic acids is 3. The third-order valence-corrected chi connectivity index (χ3v) is 4.41. The van der Waals surface area contributed by atoms with Gasteiger partial charge >= 0.3 is 5.97 Å². The SMILES string of the molecule is COC(=O)COc1ccc(/C=N/NC(=O)C(NC(=O)c2cccc(Cl)c2)C(C)C)cc1. The summed E-state index contributed by atoms with van der Waals surface area (Å²) in [6, 6.07) is 12.4. The lowest BCUT2D eigenvalue weighted by molar-refractivity contribution is -0.142. The molecule has 0 aromatic heterocycles. The van der Waals surface area contributed by atoms with E-state index in [0.29, 0.717) is 21.9 Å². The van der Waals surface area contributed by atoms with Gasteiger partial charge < -0.3 is 14.8 Å². The molecule has 0 saturated heterocycles. The third kappa shape index (κ3) is 7.75. The van der Waals surface area contributed by atoms with Gasteiger partial charge in [-0.1, -0.05) is 31.5 Å². The van der Waals surface area contributed by atoms with Crippen molar-refractivity contribution in [3.63, 3.8) is 0 Å². The van der Waals surface area contributed by atoms with Gasteiger partial charge in [-0.05, 0) is 53.9 Å². The predicted octanol–water partition coefficient (Wildman–Crippen LogP) is 2.80. The minimum Gasteiger partial charge on any atom is -0.482 e. The van der Waals surface area contributed by atoms with Gasteiger partial charge in [0.15, 0.2) is 6.61 Å². The average Bonchev–Trinajstić information content (AvgIpc) is 2.76. The molecule has 2 N–H and O–H groups in total. The summed E-state index contributed by atoms with van der Waals surface area (Å²) in [6.45, 7) is 3.45. The topological polar surface area (TPSA) is 106 Å². The molecule has 0 aliphatic heterocycles. The second-order valence-corrected chi connectivity index (χ2v) is 7.31. The number of nitrogens with one attached hydrogen (secondary N) is 2. The molecule has 0 bridgehead atoms. The van der Waals surface area contributed by atoms with Gasteiger partial charge in [0.1, 0.15) is 11.8 Å². The highest BCUT2D eigenvalue weighted by molar-refractivity contribution is 6.31. The molecule has 0 aliphatic rings. The van der Waals surface area contributed by atoms with Crippen molar-refractivity contribution in [2.45, 2.75) is 19.9 Å². The van der Waals surface area contributed by atoms with Crippen LogP contribution in [0, 0.1) is 5.92 Å². The van der Waals surface area contributed by atoms with E-state index in [4.69, 9.17) is 16.3 Å². The van der Waals surface area contributed by atoms with E-state index in [2.05, 4.69) is 20.6 Å². The van der Waals surface area contributed by atoms with Gasteiger partial charge in [-0.2, -0.15) is 5.10 Å². The molecule has 2 aromatic carbocycles. The smallest absolute Gasteiger partial charge is 0.343 e. The Bertz CT molecular complexity index is 944. The zero-order valence-electron chi connectivity index (χ0n) is 17.4. The summed E-state index contributed by atoms with van der Waals surface area (Å²) in [6.07, 6.45) is 1.46. The van der Waals surface area contributed by atoms with Crippen molar-refractivity contribution in [2.24, 2.45) is 11.0 Å². The molecule has 1 unspecified atom stereocenters. The Balaban J connectivity index is 1.93. The lowest BCUT2D eigenvalue weighted by Gasteiger charge is -2.20. The van der Waals surface area contributed by atoms with Crippen molar-refractivity contribution in [1.29, 1.82) is 0 Å². The average molecular weight is 446 g/mol. The molecule has 0 heterocycles. The van der Waals surface area contributed by atoms with Gasteiger partial charge in [0.05, 0.1) is 13.3 Å². The molecular formula is C22H24ClN3O5. The summed E-state index contributed by atoms with van der Waals surface area (Å²) in [5.41, 5.74) is 3.51. The molecule has 2 aromatic rings. The molecule has 8 nitrogen and oxygen atoms in total. The number of nitrogens with zero attached hydrogens (tertiary/aromatic N) is 1. The Morgan fingerprint density at radius 3 is 2.45 bits per heavy atom. The lowest BCUT2D eigenvalue weighted by Crippen LogP contribution is -2.48. The maximum Gasteiger partial charge on any atom is 0.343 e. The van der Waals surface area contributed by atoms with Crippen molar-refractivity contribution in [1.82, 2.24) is 10.7 Å². The maximum atomic E-state index is 12.5. The lowest BCUT2D eigenvalue weighted by atomic mass is 10.0. The van der Waals surface area contributed by atoms with Crippen LogP contribution in [0.4, 0.5) is 0 Å². The molecular weight excluding hydrogens is 422 g/mol. The van der Waals surface area contributed by atoms with Crippen molar-refractivity contribution < 1.29 is 23.9 Å². The van der Waals surface area contributed by atoms with E-state index in [0.717, 1.165) is 0 Å². The Labute approximate surface area is 185 Å². The van der Waals surface area contributed by atoms with Crippen molar-refractivity contribution in [3.8, 4) is 5.75 Å². The predicted molar refractivity (Wildman–Crippen MR) is 117 cm³/mol. The molecule has 164 valence electrons. The van der Waals surface area contributed by atoms with E-state index in [1.807, 2.05) is 13.8 Å². The first-order valence-corrected chi connectivity index (χ1v) is 9.87. The number of esters is 1. The Kier molecular flexibility index (Phi) is 9.02. The first-order chi connectivity index (χ1) is 14.8. The number of benzene rings is 2. The van der Waals surface area contributed by atoms with Crippen LogP contribution in [0.2, 0.25) is 5.02 Å². The van der Waals surface area contributed by atoms with Crippen LogP contribution in [0.3, 0.4) is 0 Å². The van der Waals surface area contributed by atoms with Gasteiger partial charge in [-0.25, -0.2) is 10.2 Å². The van der Waals surface area contributed by atoms with Crippen LogP contribution >= 0.6 is 11.6 Å². The maximum absolute atomic E-state index is 12.5. The first-order valence-electron chi connectivity index (χ1n) is 9.49. The zero-order chi connectivity index (χ0) is 22.8. The minimum absolute atomic E-state index is 0.162. The summed E-state index contributed by atoms with van der Waals surface area (Å²) >= 11 is 5.92. The number of hydrogen-bond donors (Lipinski definition) is 2. The van der Waals surface area contributed by atoms with Crippen LogP contribution in [-0.2, 0) is 14.3 Å². The van der Waals surface area contributed by atoms with E-state index in [1.165, 1.54) is 19.4 Å². The summed E-state index contributed by atoms with van der Waals surface area (Å²) in [5, 5.41) is 7.08. The van der Waals surface area contributed by atoms with Crippen LogP contribution in [0.1, 0.15) is 29.8 Å². The molecule has 0 saturated carbocycles. The number of hydrogen-bond acceptors (Lipinski definition) is 6. The van der Waals surface area contributed by atoms with Crippen LogP contribution < -0.4 is 15.5 Å². The normalized spacial score (nSPS) is 11.8. The Morgan fingerprint density at radius 2 is 1.84 bits per heavy atom. The third-order valence-electron chi connectivity index (χ3n) is 4.18. The molecule has 0 fully saturated rings. The number of methoxy groups -OCH3 is 1. The highest BCUT2D eigenvalue weighted by Gasteiger charge is 2.24. The molecule has 0 aliphatic carbocycles. The van der Waals surface area contributed by atoms with Crippen LogP contribution in [0.5, 0.6) is 5.75 Å². The number of rotatable bonds is 9. The van der Waals surface area contributed by atoms with E-state index in [9.17, 15) is 14.4 Å². The summed E-state index contributed by atoms with van der Waals surface area (Å²) < 4.78 is 9.76. The quantitative estimate of drug-likeness (QED) is 0.350. The van der Waals surface area contributed by atoms with Crippen LogP contribution in [-0.4, -0.2) is 43.8 Å². The molecule has 0 radical (unpaired) electrons. The van der Waals surface area contributed by atoms with Gasteiger partial charge in [-0.3, -0.25) is 9.59 Å². The number of hydrazone groups is 1. The molecule has 2 rings (SSSR count). The van der Waals surface area contributed by atoms with Gasteiger partial charge in [0, 0.05) is 10.6 Å². The standard InChI is InChI=1S/C22H24ClN3O5/c1-14(2)20(25-21(28)16-5-4-6-17(23)11-16)22(29)26-24-12-15-7-9-18(10-8-15)31-13-19(27)30-3/h4-12,14,20H,13H2,1-3H3,(H,25,28)(H,26,29)/b24-12+. The summed E-state index contributed by atoms with van der Waals surface area (Å²) in [7, 11) is 1.28. The van der Waals surface area contributed by atoms with E-state index < -0.39 is 23.8 Å². The number of carbonyl (C=O) groups is 3. The number of ether oxygens (including phenoxy) is 2. The van der Waals surface area contributed by atoms with E-state index >= 15 is 0 Å². The van der Waals surface area contributed by atoms with Gasteiger partial charge in [0.2, 0.25) is 0 Å². The first kappa shape index (κ1) is 23.9. The van der Waals surface area contributed by atoms with Crippen LogP contribution in [0.25, 0.3) is 0 Å². The molecule has 2 amide bonds. The molecule has 9 heteroatoms. The van der Waals surface area contributed by atoms with Gasteiger partial charge in [0.25, 0.3) is 11.8 Å². The number of halogens is 1. The minimum atomic E-state index is -0.780. The van der Waals surface area contributed by atoms with E-state index in [-0.39, 0.29) is 12.5 Å². The van der Waals surface area contributed by atoms with Gasteiger partial charge in [-0.15, -0.1) is 0 Å². The van der Waals surface area contributed by atoms with Crippen molar-refractivity contribution in [3.05, 3.63) is 64.7 Å². The summed E-state index contributed by atoms with van der Waals surface area (Å²) in [4.78, 5) is 36.0. The van der Waals surface area contributed by atoms with E-state index in [1.54, 1.807) is 42.5 Å². The fourth-order valence-electron chi connectivity index (χ4n) is 2.48. The highest BCUT2D eigenvalue weighted by Crippen LogP contribution is 2.12. The highest BCUT2D eigenvalue weighted by atomic mass is 35.5. The second-order valence-electron chi connectivity index (χ2n) is 6.87. The Hall–Kier alpha value is -3.39. The van der Waals surface area contributed by atoms with Crippen molar-refractivity contribution >= 4 is 35.6 Å². The molecule has 1 atom stereocenters. The fourth-order valence-corrected chi connectivity index (χ4v) is 2.67. The zero-order valence-corrected chi connectivity index (χ0v) is 18.2. The monoisotopic (exact) mass is 445 g/mol. The molecule has 31 heavy (non-hydrogen) atoms. The summed E-state index contributed by atoms with van der Waals surface area (Å²) in [5.74, 6) is -0.988. The van der Waals surface area contributed by atoms with Crippen molar-refractivity contribution in [2.75, 3.05) is 13.7 Å².